The minimum atomic E-state index is 0.732. The van der Waals surface area contributed by atoms with Gasteiger partial charge in [-0.3, -0.25) is 4.99 Å². The summed E-state index contributed by atoms with van der Waals surface area (Å²) in [4.78, 5) is 4.71. The van der Waals surface area contributed by atoms with Gasteiger partial charge < -0.3 is 4.74 Å². The van der Waals surface area contributed by atoms with Crippen LogP contribution >= 0.6 is 15.9 Å². The Kier molecular flexibility index (Phi) is 3.87. The summed E-state index contributed by atoms with van der Waals surface area (Å²) < 4.78 is 6.44. The molecule has 92 valence electrons. The van der Waals surface area contributed by atoms with Gasteiger partial charge in [-0.25, -0.2) is 0 Å². The topological polar surface area (TPSA) is 21.6 Å². The molecule has 0 aromatic heterocycles. The molecular weight excluding hydrogens is 278 g/mol. The standard InChI is InChI=1S/C14H18BrNO/c1-9(2)4-5-12-7-10-6-11(15)8-13(17-3)14(10)16-12/h6,8-9H,4-5,7H2,1-3H3. The molecule has 1 aliphatic heterocycles. The van der Waals surface area contributed by atoms with Gasteiger partial charge in [-0.15, -0.1) is 0 Å². The maximum Gasteiger partial charge on any atom is 0.145 e. The van der Waals surface area contributed by atoms with E-state index in [1.807, 2.05) is 6.07 Å². The Labute approximate surface area is 111 Å². The minimum absolute atomic E-state index is 0.732. The predicted molar refractivity (Wildman–Crippen MR) is 75.6 cm³/mol. The molecule has 0 saturated carbocycles. The lowest BCUT2D eigenvalue weighted by atomic mass is 10.0. The third-order valence-electron chi connectivity index (χ3n) is 3.01. The van der Waals surface area contributed by atoms with Crippen molar-refractivity contribution in [1.82, 2.24) is 0 Å². The van der Waals surface area contributed by atoms with E-state index in [1.54, 1.807) is 7.11 Å². The maximum absolute atomic E-state index is 5.37. The van der Waals surface area contributed by atoms with Crippen molar-refractivity contribution in [3.05, 3.63) is 22.2 Å². The summed E-state index contributed by atoms with van der Waals surface area (Å²) in [5.41, 5.74) is 3.58. The molecule has 1 aromatic rings. The Morgan fingerprint density at radius 3 is 2.82 bits per heavy atom. The van der Waals surface area contributed by atoms with Crippen LogP contribution in [0.15, 0.2) is 21.6 Å². The van der Waals surface area contributed by atoms with E-state index in [-0.39, 0.29) is 0 Å². The number of fused-ring (bicyclic) bond motifs is 1. The molecule has 0 radical (unpaired) electrons. The monoisotopic (exact) mass is 295 g/mol. The lowest BCUT2D eigenvalue weighted by molar-refractivity contribution is 0.416. The van der Waals surface area contributed by atoms with Crippen LogP contribution in [-0.2, 0) is 6.42 Å². The molecule has 0 bridgehead atoms. The van der Waals surface area contributed by atoms with Crippen molar-refractivity contribution >= 4 is 27.3 Å². The van der Waals surface area contributed by atoms with Crippen molar-refractivity contribution in [2.45, 2.75) is 33.1 Å². The molecule has 0 aliphatic carbocycles. The zero-order valence-electron chi connectivity index (χ0n) is 10.6. The molecule has 1 aliphatic rings. The van der Waals surface area contributed by atoms with Gasteiger partial charge in [0.1, 0.15) is 11.4 Å². The summed E-state index contributed by atoms with van der Waals surface area (Å²) in [6, 6.07) is 4.12. The van der Waals surface area contributed by atoms with E-state index >= 15 is 0 Å². The smallest absolute Gasteiger partial charge is 0.145 e. The van der Waals surface area contributed by atoms with Gasteiger partial charge in [0, 0.05) is 16.6 Å². The molecule has 2 nitrogen and oxygen atoms in total. The Hall–Kier alpha value is -0.830. The van der Waals surface area contributed by atoms with Gasteiger partial charge in [0.05, 0.1) is 7.11 Å². The van der Waals surface area contributed by atoms with E-state index in [1.165, 1.54) is 17.7 Å². The second-order valence-electron chi connectivity index (χ2n) is 4.90. The molecule has 17 heavy (non-hydrogen) atoms. The van der Waals surface area contributed by atoms with Crippen LogP contribution in [0.25, 0.3) is 0 Å². The molecule has 3 heteroatoms. The van der Waals surface area contributed by atoms with Crippen LogP contribution in [0.3, 0.4) is 0 Å². The van der Waals surface area contributed by atoms with E-state index in [9.17, 15) is 0 Å². The normalized spacial score (nSPS) is 13.8. The van der Waals surface area contributed by atoms with E-state index < -0.39 is 0 Å². The number of rotatable bonds is 4. The van der Waals surface area contributed by atoms with Gasteiger partial charge in [0.2, 0.25) is 0 Å². The summed E-state index contributed by atoms with van der Waals surface area (Å²) in [5.74, 6) is 1.60. The predicted octanol–water partition coefficient (Wildman–Crippen LogP) is 4.52. The number of benzene rings is 1. The molecule has 0 saturated heterocycles. The average Bonchev–Trinajstić information content (AvgIpc) is 2.67. The highest BCUT2D eigenvalue weighted by molar-refractivity contribution is 9.10. The number of halogens is 1. The van der Waals surface area contributed by atoms with Crippen LogP contribution in [0.1, 0.15) is 32.3 Å². The summed E-state index contributed by atoms with van der Waals surface area (Å²) in [6.07, 6.45) is 3.27. The Morgan fingerprint density at radius 1 is 1.41 bits per heavy atom. The summed E-state index contributed by atoms with van der Waals surface area (Å²) >= 11 is 3.51. The van der Waals surface area contributed by atoms with Crippen molar-refractivity contribution in [3.8, 4) is 5.75 Å². The summed E-state index contributed by atoms with van der Waals surface area (Å²) in [6.45, 7) is 4.50. The third kappa shape index (κ3) is 2.89. The quantitative estimate of drug-likeness (QED) is 0.800. The molecule has 0 atom stereocenters. The Balaban J connectivity index is 2.19. The first-order valence-electron chi connectivity index (χ1n) is 6.03. The number of hydrogen-bond acceptors (Lipinski definition) is 2. The van der Waals surface area contributed by atoms with Gasteiger partial charge in [-0.2, -0.15) is 0 Å². The average molecular weight is 296 g/mol. The first-order chi connectivity index (χ1) is 8.10. The second-order valence-corrected chi connectivity index (χ2v) is 5.82. The Morgan fingerprint density at radius 2 is 2.18 bits per heavy atom. The lowest BCUT2D eigenvalue weighted by Gasteiger charge is -2.05. The Bertz CT molecular complexity index is 452. The maximum atomic E-state index is 5.37. The van der Waals surface area contributed by atoms with Crippen LogP contribution in [0.5, 0.6) is 5.75 Å². The molecule has 0 unspecified atom stereocenters. The van der Waals surface area contributed by atoms with Gasteiger partial charge in [0.25, 0.3) is 0 Å². The number of aliphatic imine (C=N–C) groups is 1. The summed E-state index contributed by atoms with van der Waals surface area (Å²) in [5, 5.41) is 0. The molecule has 1 aromatic carbocycles. The number of methoxy groups -OCH3 is 1. The number of hydrogen-bond donors (Lipinski definition) is 0. The zero-order chi connectivity index (χ0) is 12.4. The van der Waals surface area contributed by atoms with E-state index in [0.29, 0.717) is 0 Å². The fourth-order valence-corrected chi connectivity index (χ4v) is 2.55. The number of ether oxygens (including phenoxy) is 1. The molecule has 0 fully saturated rings. The largest absolute Gasteiger partial charge is 0.494 e. The third-order valence-corrected chi connectivity index (χ3v) is 3.47. The van der Waals surface area contributed by atoms with Gasteiger partial charge in [-0.1, -0.05) is 29.8 Å². The van der Waals surface area contributed by atoms with Crippen LogP contribution in [0.4, 0.5) is 5.69 Å². The van der Waals surface area contributed by atoms with E-state index in [2.05, 4.69) is 35.8 Å². The summed E-state index contributed by atoms with van der Waals surface area (Å²) in [7, 11) is 1.70. The highest BCUT2D eigenvalue weighted by Crippen LogP contribution is 2.39. The SMILES string of the molecule is COc1cc(Br)cc2c1N=C(CCC(C)C)C2. The van der Waals surface area contributed by atoms with Crippen molar-refractivity contribution in [3.63, 3.8) is 0 Å². The van der Waals surface area contributed by atoms with Gasteiger partial charge in [-0.05, 0) is 36.5 Å². The van der Waals surface area contributed by atoms with Crippen molar-refractivity contribution in [2.75, 3.05) is 7.11 Å². The fraction of sp³-hybridized carbons (Fsp3) is 0.500. The first kappa shape index (κ1) is 12.6. The molecule has 0 spiro atoms. The van der Waals surface area contributed by atoms with E-state index in [0.717, 1.165) is 34.7 Å². The molecule has 0 amide bonds. The van der Waals surface area contributed by atoms with Crippen LogP contribution in [0, 0.1) is 5.92 Å². The highest BCUT2D eigenvalue weighted by atomic mass is 79.9. The molecule has 0 N–H and O–H groups in total. The van der Waals surface area contributed by atoms with Crippen molar-refractivity contribution < 1.29 is 4.74 Å². The molecule has 2 rings (SSSR count). The minimum Gasteiger partial charge on any atom is -0.494 e. The lowest BCUT2D eigenvalue weighted by Crippen LogP contribution is -2.00. The number of nitrogens with zero attached hydrogens (tertiary/aromatic N) is 1. The fourth-order valence-electron chi connectivity index (χ4n) is 2.06. The van der Waals surface area contributed by atoms with Gasteiger partial charge in [0.15, 0.2) is 0 Å². The van der Waals surface area contributed by atoms with Crippen molar-refractivity contribution in [2.24, 2.45) is 10.9 Å². The second kappa shape index (κ2) is 5.21. The van der Waals surface area contributed by atoms with Crippen LogP contribution in [0.2, 0.25) is 0 Å². The first-order valence-corrected chi connectivity index (χ1v) is 6.82. The van der Waals surface area contributed by atoms with Crippen LogP contribution in [-0.4, -0.2) is 12.8 Å². The van der Waals surface area contributed by atoms with Crippen molar-refractivity contribution in [1.29, 1.82) is 0 Å². The zero-order valence-corrected chi connectivity index (χ0v) is 12.2. The highest BCUT2D eigenvalue weighted by Gasteiger charge is 2.19. The molecular formula is C14H18BrNO. The van der Waals surface area contributed by atoms with Crippen LogP contribution < -0.4 is 4.74 Å². The molecule has 1 heterocycles. The van der Waals surface area contributed by atoms with Gasteiger partial charge >= 0.3 is 0 Å². The van der Waals surface area contributed by atoms with E-state index in [4.69, 9.17) is 9.73 Å².